The molecule has 0 bridgehead atoms. The first-order chi connectivity index (χ1) is 12.4. The van der Waals surface area contributed by atoms with Crippen LogP contribution in [0.3, 0.4) is 0 Å². The molecule has 2 amide bonds. The molecule has 1 aromatic heterocycles. The van der Waals surface area contributed by atoms with Crippen LogP contribution in [0.25, 0.3) is 11.0 Å². The number of thioether (sulfide) groups is 1. The normalized spacial score (nSPS) is 17.8. The molecule has 2 aromatic rings. The molecule has 138 valence electrons. The standard InChI is InChI=1S/C18H21ClN4O2S/c1-4-5-11(2)17(25)23-10-26-9-15(23)16(24)21-18-20-13-8-12(19)6-7-14(13)22(18)3/h5-8,15H,4,9-10H2,1-3H3,(H,20,21,24)/b11-5-. The number of hydrogen-bond acceptors (Lipinski definition) is 4. The molecule has 1 aromatic carbocycles. The molecule has 26 heavy (non-hydrogen) atoms. The van der Waals surface area contributed by atoms with E-state index in [0.717, 1.165) is 11.9 Å². The van der Waals surface area contributed by atoms with Gasteiger partial charge in [-0.25, -0.2) is 4.98 Å². The third-order valence-corrected chi connectivity index (χ3v) is 5.62. The van der Waals surface area contributed by atoms with Crippen molar-refractivity contribution in [2.75, 3.05) is 16.9 Å². The predicted molar refractivity (Wildman–Crippen MR) is 106 cm³/mol. The molecule has 8 heteroatoms. The smallest absolute Gasteiger partial charge is 0.250 e. The number of imidazole rings is 1. The van der Waals surface area contributed by atoms with Crippen molar-refractivity contribution in [2.24, 2.45) is 7.05 Å². The molecule has 1 aliphatic heterocycles. The van der Waals surface area contributed by atoms with Crippen LogP contribution in [0.5, 0.6) is 0 Å². The Morgan fingerprint density at radius 1 is 1.46 bits per heavy atom. The predicted octanol–water partition coefficient (Wildman–Crippen LogP) is 3.42. The second kappa shape index (κ2) is 7.72. The molecule has 1 saturated heterocycles. The molecular formula is C18H21ClN4O2S. The molecule has 0 aliphatic carbocycles. The van der Waals surface area contributed by atoms with Crippen molar-refractivity contribution in [2.45, 2.75) is 26.3 Å². The molecule has 1 atom stereocenters. The zero-order valence-corrected chi connectivity index (χ0v) is 16.5. The van der Waals surface area contributed by atoms with Gasteiger partial charge in [0.2, 0.25) is 11.9 Å². The number of aromatic nitrogens is 2. The minimum atomic E-state index is -0.504. The lowest BCUT2D eigenvalue weighted by molar-refractivity contribution is -0.133. The van der Waals surface area contributed by atoms with E-state index < -0.39 is 6.04 Å². The fourth-order valence-corrected chi connectivity index (χ4v) is 4.28. The van der Waals surface area contributed by atoms with Crippen LogP contribution in [0.15, 0.2) is 29.8 Å². The van der Waals surface area contributed by atoms with E-state index in [1.165, 1.54) is 0 Å². The van der Waals surface area contributed by atoms with Crippen LogP contribution in [0.1, 0.15) is 20.3 Å². The number of nitrogens with one attached hydrogen (secondary N) is 1. The van der Waals surface area contributed by atoms with Gasteiger partial charge in [0, 0.05) is 23.4 Å². The Balaban J connectivity index is 1.80. The van der Waals surface area contributed by atoms with Crippen LogP contribution in [0.2, 0.25) is 5.02 Å². The van der Waals surface area contributed by atoms with Gasteiger partial charge in [0.15, 0.2) is 0 Å². The van der Waals surface area contributed by atoms with Crippen LogP contribution in [-0.4, -0.2) is 43.9 Å². The van der Waals surface area contributed by atoms with E-state index in [0.29, 0.717) is 33.7 Å². The molecule has 1 N–H and O–H groups in total. The minimum absolute atomic E-state index is 0.0891. The van der Waals surface area contributed by atoms with Gasteiger partial charge < -0.3 is 9.47 Å². The maximum Gasteiger partial charge on any atom is 0.250 e. The highest BCUT2D eigenvalue weighted by Gasteiger charge is 2.35. The first kappa shape index (κ1) is 18.8. The number of amides is 2. The lowest BCUT2D eigenvalue weighted by Gasteiger charge is -2.23. The Morgan fingerprint density at radius 3 is 2.96 bits per heavy atom. The number of carbonyl (C=O) groups is 2. The third-order valence-electron chi connectivity index (χ3n) is 4.37. The van der Waals surface area contributed by atoms with Crippen molar-refractivity contribution in [3.8, 4) is 0 Å². The van der Waals surface area contributed by atoms with Gasteiger partial charge in [-0.05, 0) is 31.5 Å². The number of rotatable bonds is 4. The highest BCUT2D eigenvalue weighted by atomic mass is 35.5. The van der Waals surface area contributed by atoms with E-state index in [1.54, 1.807) is 40.3 Å². The third kappa shape index (κ3) is 3.59. The number of hydrogen-bond donors (Lipinski definition) is 1. The molecular weight excluding hydrogens is 372 g/mol. The number of halogens is 1. The number of carbonyl (C=O) groups excluding carboxylic acids is 2. The molecule has 0 radical (unpaired) electrons. The zero-order valence-electron chi connectivity index (χ0n) is 15.0. The van der Waals surface area contributed by atoms with Gasteiger partial charge in [0.05, 0.1) is 16.9 Å². The minimum Gasteiger partial charge on any atom is -0.317 e. The summed E-state index contributed by atoms with van der Waals surface area (Å²) in [5.74, 6) is 1.22. The van der Waals surface area contributed by atoms with Crippen LogP contribution < -0.4 is 5.32 Å². The molecule has 1 aliphatic rings. The topological polar surface area (TPSA) is 67.2 Å². The van der Waals surface area contributed by atoms with E-state index in [4.69, 9.17) is 11.6 Å². The first-order valence-electron chi connectivity index (χ1n) is 8.40. The van der Waals surface area contributed by atoms with Crippen molar-refractivity contribution in [1.82, 2.24) is 14.5 Å². The number of fused-ring (bicyclic) bond motifs is 1. The molecule has 3 rings (SSSR count). The average Bonchev–Trinajstić information content (AvgIpc) is 3.20. The van der Waals surface area contributed by atoms with Crippen LogP contribution in [-0.2, 0) is 16.6 Å². The van der Waals surface area contributed by atoms with Crippen molar-refractivity contribution in [3.05, 3.63) is 34.9 Å². The van der Waals surface area contributed by atoms with Crippen LogP contribution in [0, 0.1) is 0 Å². The largest absolute Gasteiger partial charge is 0.317 e. The summed E-state index contributed by atoms with van der Waals surface area (Å²) in [4.78, 5) is 31.4. The number of aryl methyl sites for hydroxylation is 1. The quantitative estimate of drug-likeness (QED) is 0.809. The average molecular weight is 393 g/mol. The molecule has 6 nitrogen and oxygen atoms in total. The summed E-state index contributed by atoms with van der Waals surface area (Å²) in [6, 6.07) is 4.90. The summed E-state index contributed by atoms with van der Waals surface area (Å²) < 4.78 is 1.81. The molecule has 0 saturated carbocycles. The zero-order chi connectivity index (χ0) is 18.8. The van der Waals surface area contributed by atoms with Gasteiger partial charge in [0.1, 0.15) is 6.04 Å². The van der Waals surface area contributed by atoms with Gasteiger partial charge in [-0.15, -0.1) is 11.8 Å². The van der Waals surface area contributed by atoms with Gasteiger partial charge in [0.25, 0.3) is 5.91 Å². The molecule has 1 fully saturated rings. The second-order valence-electron chi connectivity index (χ2n) is 6.20. The van der Waals surface area contributed by atoms with Gasteiger partial charge in [-0.3, -0.25) is 14.9 Å². The van der Waals surface area contributed by atoms with Crippen molar-refractivity contribution in [3.63, 3.8) is 0 Å². The lowest BCUT2D eigenvalue weighted by Crippen LogP contribution is -2.45. The number of benzene rings is 1. The second-order valence-corrected chi connectivity index (χ2v) is 7.64. The van der Waals surface area contributed by atoms with Crippen LogP contribution in [0.4, 0.5) is 5.95 Å². The fourth-order valence-electron chi connectivity index (χ4n) is 2.96. The summed E-state index contributed by atoms with van der Waals surface area (Å²) in [6.07, 6.45) is 2.67. The Kier molecular flexibility index (Phi) is 5.58. The summed E-state index contributed by atoms with van der Waals surface area (Å²) in [5.41, 5.74) is 2.26. The van der Waals surface area contributed by atoms with Crippen LogP contribution >= 0.6 is 23.4 Å². The fraction of sp³-hybridized carbons (Fsp3) is 0.389. The van der Waals surface area contributed by atoms with Gasteiger partial charge in [-0.1, -0.05) is 24.6 Å². The monoisotopic (exact) mass is 392 g/mol. The van der Waals surface area contributed by atoms with Crippen molar-refractivity contribution >= 4 is 52.2 Å². The van der Waals surface area contributed by atoms with Crippen molar-refractivity contribution < 1.29 is 9.59 Å². The highest BCUT2D eigenvalue weighted by Crippen LogP contribution is 2.25. The Hall–Kier alpha value is -1.99. The van der Waals surface area contributed by atoms with Gasteiger partial charge >= 0.3 is 0 Å². The highest BCUT2D eigenvalue weighted by molar-refractivity contribution is 7.99. The van der Waals surface area contributed by atoms with E-state index in [1.807, 2.05) is 26.1 Å². The number of anilines is 1. The SMILES string of the molecule is CC/C=C(/C)C(=O)N1CSCC1C(=O)Nc1nc2cc(Cl)ccc2n1C. The van der Waals surface area contributed by atoms with E-state index in [9.17, 15) is 9.59 Å². The number of nitrogens with zero attached hydrogens (tertiary/aromatic N) is 3. The van der Waals surface area contributed by atoms with E-state index >= 15 is 0 Å². The Labute approximate surface area is 161 Å². The molecule has 0 spiro atoms. The Bertz CT molecular complexity index is 893. The maximum atomic E-state index is 12.8. The summed E-state index contributed by atoms with van der Waals surface area (Å²) in [6.45, 7) is 3.77. The molecule has 1 unspecified atom stereocenters. The summed E-state index contributed by atoms with van der Waals surface area (Å²) >= 11 is 7.59. The first-order valence-corrected chi connectivity index (χ1v) is 9.94. The molecule has 2 heterocycles. The number of allylic oxidation sites excluding steroid dienone is 1. The maximum absolute atomic E-state index is 12.8. The van der Waals surface area contributed by atoms with E-state index in [2.05, 4.69) is 10.3 Å². The van der Waals surface area contributed by atoms with Gasteiger partial charge in [-0.2, -0.15) is 0 Å². The Morgan fingerprint density at radius 2 is 2.23 bits per heavy atom. The summed E-state index contributed by atoms with van der Waals surface area (Å²) in [7, 11) is 1.83. The lowest BCUT2D eigenvalue weighted by atomic mass is 10.2. The summed E-state index contributed by atoms with van der Waals surface area (Å²) in [5, 5.41) is 3.45. The van der Waals surface area contributed by atoms with Crippen molar-refractivity contribution in [1.29, 1.82) is 0 Å². The van der Waals surface area contributed by atoms with E-state index in [-0.39, 0.29) is 11.8 Å².